The summed E-state index contributed by atoms with van der Waals surface area (Å²) in [7, 11) is 0. The minimum Gasteiger partial charge on any atom is -0.492 e. The van der Waals surface area contributed by atoms with Crippen LogP contribution in [0, 0.1) is 5.92 Å². The van der Waals surface area contributed by atoms with E-state index in [-0.39, 0.29) is 17.4 Å². The van der Waals surface area contributed by atoms with Gasteiger partial charge in [-0.05, 0) is 41.8 Å². The molecule has 0 aliphatic carbocycles. The third kappa shape index (κ3) is 5.15. The van der Waals surface area contributed by atoms with Crippen LogP contribution in [0.3, 0.4) is 0 Å². The molecule has 1 atom stereocenters. The van der Waals surface area contributed by atoms with Crippen LogP contribution < -0.4 is 4.74 Å². The Morgan fingerprint density at radius 1 is 1.21 bits per heavy atom. The van der Waals surface area contributed by atoms with Crippen molar-refractivity contribution in [2.24, 2.45) is 5.92 Å². The second-order valence-electron chi connectivity index (χ2n) is 8.34. The van der Waals surface area contributed by atoms with Gasteiger partial charge >= 0.3 is 12.1 Å². The van der Waals surface area contributed by atoms with E-state index in [1.54, 1.807) is 12.4 Å². The highest BCUT2D eigenvalue weighted by Crippen LogP contribution is 2.41. The fourth-order valence-electron chi connectivity index (χ4n) is 4.23. The van der Waals surface area contributed by atoms with Crippen molar-refractivity contribution >= 4 is 11.9 Å². The molecule has 3 aliphatic rings. The first-order valence-electron chi connectivity index (χ1n) is 10.6. The summed E-state index contributed by atoms with van der Waals surface area (Å²) in [5, 5.41) is 7.12. The number of carboxylic acids is 1. The third-order valence-electron chi connectivity index (χ3n) is 6.10. The van der Waals surface area contributed by atoms with Crippen molar-refractivity contribution < 1.29 is 42.1 Å². The minimum absolute atomic E-state index is 0.0674. The molecule has 0 bridgehead atoms. The van der Waals surface area contributed by atoms with Crippen LogP contribution in [0.1, 0.15) is 27.9 Å². The number of likely N-dealkylation sites (tertiary alicyclic amines) is 1. The number of amides is 1. The van der Waals surface area contributed by atoms with Gasteiger partial charge in [0.25, 0.3) is 5.91 Å². The number of pyridine rings is 1. The summed E-state index contributed by atoms with van der Waals surface area (Å²) in [6, 6.07) is 9.64. The van der Waals surface area contributed by atoms with Crippen LogP contribution in [-0.4, -0.2) is 64.9 Å². The van der Waals surface area contributed by atoms with Gasteiger partial charge in [-0.1, -0.05) is 6.07 Å². The number of hydrogen-bond donors (Lipinski definition) is 1. The number of alkyl halides is 3. The molecular formula is C23H23F3N2O6. The SMILES string of the molecule is O=C(O)C(F)(F)F.O=C(c1ccc2c(c1)COC2)N1CC2(C1)OCCC2COc1cccnc1. The quantitative estimate of drug-likeness (QED) is 0.718. The predicted molar refractivity (Wildman–Crippen MR) is 111 cm³/mol. The third-order valence-corrected chi connectivity index (χ3v) is 6.10. The molecule has 2 saturated heterocycles. The van der Waals surface area contributed by atoms with Crippen LogP contribution >= 0.6 is 0 Å². The summed E-state index contributed by atoms with van der Waals surface area (Å²) in [4.78, 5) is 27.7. The zero-order chi connectivity index (χ0) is 24.3. The number of halogens is 3. The molecule has 1 spiro atoms. The predicted octanol–water partition coefficient (Wildman–Crippen LogP) is 3.06. The second kappa shape index (κ2) is 9.59. The van der Waals surface area contributed by atoms with E-state index in [1.165, 1.54) is 5.56 Å². The molecule has 1 N–H and O–H groups in total. The highest BCUT2D eigenvalue weighted by atomic mass is 19.4. The van der Waals surface area contributed by atoms with Gasteiger partial charge in [-0.25, -0.2) is 4.79 Å². The molecule has 34 heavy (non-hydrogen) atoms. The van der Waals surface area contributed by atoms with E-state index in [1.807, 2.05) is 35.2 Å². The standard InChI is InChI=1S/C21H22N2O4.C2HF3O2/c24-20(15-3-4-16-10-25-11-17(16)8-15)23-13-21(14-23)18(5-7-27-21)12-26-19-2-1-6-22-9-19;3-2(4,5)1(6)7/h1-4,6,8-9,18H,5,7,10-14H2;(H,6,7). The van der Waals surface area contributed by atoms with Gasteiger partial charge in [0.2, 0.25) is 0 Å². The van der Waals surface area contributed by atoms with Gasteiger partial charge in [0, 0.05) is 24.3 Å². The number of hydrogen-bond acceptors (Lipinski definition) is 6. The molecule has 2 fully saturated rings. The number of fused-ring (bicyclic) bond motifs is 1. The van der Waals surface area contributed by atoms with E-state index in [4.69, 9.17) is 24.1 Å². The van der Waals surface area contributed by atoms with Gasteiger partial charge < -0.3 is 24.2 Å². The van der Waals surface area contributed by atoms with Gasteiger partial charge in [-0.3, -0.25) is 9.78 Å². The van der Waals surface area contributed by atoms with E-state index in [2.05, 4.69) is 4.98 Å². The first-order valence-corrected chi connectivity index (χ1v) is 10.6. The normalized spacial score (nSPS) is 20.2. The summed E-state index contributed by atoms with van der Waals surface area (Å²) in [5.41, 5.74) is 2.77. The van der Waals surface area contributed by atoms with Crippen LogP contribution in [0.15, 0.2) is 42.7 Å². The largest absolute Gasteiger partial charge is 0.492 e. The van der Waals surface area contributed by atoms with E-state index in [9.17, 15) is 18.0 Å². The molecule has 1 aromatic heterocycles. The highest BCUT2D eigenvalue weighted by Gasteiger charge is 2.54. The van der Waals surface area contributed by atoms with Crippen LogP contribution in [0.25, 0.3) is 0 Å². The fourth-order valence-corrected chi connectivity index (χ4v) is 4.23. The number of nitrogens with zero attached hydrogens (tertiary/aromatic N) is 2. The van der Waals surface area contributed by atoms with E-state index >= 15 is 0 Å². The summed E-state index contributed by atoms with van der Waals surface area (Å²) < 4.78 is 49.1. The highest BCUT2D eigenvalue weighted by molar-refractivity contribution is 5.95. The first kappa shape index (κ1) is 24.0. The Morgan fingerprint density at radius 3 is 2.62 bits per heavy atom. The summed E-state index contributed by atoms with van der Waals surface area (Å²) in [6.07, 6.45) is -0.678. The van der Waals surface area contributed by atoms with E-state index < -0.39 is 12.1 Å². The summed E-state index contributed by atoms with van der Waals surface area (Å²) in [6.45, 7) is 3.80. The zero-order valence-corrected chi connectivity index (χ0v) is 18.1. The Kier molecular flexibility index (Phi) is 6.76. The molecular weight excluding hydrogens is 457 g/mol. The minimum atomic E-state index is -5.08. The number of benzene rings is 1. The first-order chi connectivity index (χ1) is 16.2. The molecule has 1 unspecified atom stereocenters. The number of carbonyl (C=O) groups is 2. The number of carbonyl (C=O) groups excluding carboxylic acids is 1. The van der Waals surface area contributed by atoms with Crippen molar-refractivity contribution in [1.82, 2.24) is 9.88 Å². The summed E-state index contributed by atoms with van der Waals surface area (Å²) in [5.74, 6) is -1.63. The topological polar surface area (TPSA) is 98.2 Å². The van der Waals surface area contributed by atoms with Gasteiger partial charge in [-0.2, -0.15) is 13.2 Å². The van der Waals surface area contributed by atoms with Crippen molar-refractivity contribution in [3.05, 3.63) is 59.4 Å². The maximum atomic E-state index is 12.8. The lowest BCUT2D eigenvalue weighted by molar-refractivity contribution is -0.192. The molecule has 5 rings (SSSR count). The Morgan fingerprint density at radius 2 is 1.94 bits per heavy atom. The monoisotopic (exact) mass is 480 g/mol. The van der Waals surface area contributed by atoms with Crippen LogP contribution in [0.2, 0.25) is 0 Å². The van der Waals surface area contributed by atoms with Gasteiger partial charge in [-0.15, -0.1) is 0 Å². The molecule has 1 aromatic carbocycles. The second-order valence-corrected chi connectivity index (χ2v) is 8.34. The van der Waals surface area contributed by atoms with Crippen LogP contribution in [0.5, 0.6) is 5.75 Å². The fraction of sp³-hybridized carbons (Fsp3) is 0.435. The van der Waals surface area contributed by atoms with Crippen molar-refractivity contribution in [1.29, 1.82) is 0 Å². The molecule has 0 radical (unpaired) electrons. The van der Waals surface area contributed by atoms with Crippen molar-refractivity contribution in [2.45, 2.75) is 31.4 Å². The summed E-state index contributed by atoms with van der Waals surface area (Å²) >= 11 is 0. The molecule has 182 valence electrons. The average molecular weight is 480 g/mol. The lowest BCUT2D eigenvalue weighted by Gasteiger charge is -2.50. The number of ether oxygens (including phenoxy) is 3. The number of rotatable bonds is 4. The molecule has 4 heterocycles. The number of aliphatic carboxylic acids is 1. The Labute approximate surface area is 193 Å². The van der Waals surface area contributed by atoms with Gasteiger partial charge in [0.1, 0.15) is 11.4 Å². The molecule has 3 aliphatic heterocycles. The lowest BCUT2D eigenvalue weighted by atomic mass is 9.81. The van der Waals surface area contributed by atoms with Crippen molar-refractivity contribution in [2.75, 3.05) is 26.3 Å². The van der Waals surface area contributed by atoms with Crippen molar-refractivity contribution in [3.63, 3.8) is 0 Å². The van der Waals surface area contributed by atoms with Crippen LogP contribution in [-0.2, 0) is 27.5 Å². The molecule has 8 nitrogen and oxygen atoms in total. The maximum absolute atomic E-state index is 12.8. The van der Waals surface area contributed by atoms with Crippen molar-refractivity contribution in [3.8, 4) is 5.75 Å². The van der Waals surface area contributed by atoms with Crippen LogP contribution in [0.4, 0.5) is 13.2 Å². The Hall–Kier alpha value is -3.18. The van der Waals surface area contributed by atoms with E-state index in [0.29, 0.717) is 32.9 Å². The molecule has 1 amide bonds. The Balaban J connectivity index is 0.000000344. The van der Waals surface area contributed by atoms with Gasteiger partial charge in [0.15, 0.2) is 0 Å². The number of carboxylic acid groups (broad SMARTS) is 1. The van der Waals surface area contributed by atoms with E-state index in [0.717, 1.165) is 29.9 Å². The average Bonchev–Trinajstić information content (AvgIpc) is 3.43. The molecule has 2 aromatic rings. The Bertz CT molecular complexity index is 1040. The van der Waals surface area contributed by atoms with Gasteiger partial charge in [0.05, 0.1) is 39.1 Å². The smallest absolute Gasteiger partial charge is 0.490 e. The molecule has 11 heteroatoms. The molecule has 0 saturated carbocycles. The lowest BCUT2D eigenvalue weighted by Crippen LogP contribution is -2.66. The number of aromatic nitrogens is 1. The zero-order valence-electron chi connectivity index (χ0n) is 18.1. The maximum Gasteiger partial charge on any atom is 0.490 e.